The molecule has 3 nitrogen and oxygen atoms in total. The molecule has 0 amide bonds. The number of ketones is 1. The quantitative estimate of drug-likeness (QED) is 0.925. The molecule has 1 aromatic heterocycles. The molecule has 0 aliphatic heterocycles. The Bertz CT molecular complexity index is 455. The molecule has 4 heteroatoms. The Morgan fingerprint density at radius 1 is 1.40 bits per heavy atom. The van der Waals surface area contributed by atoms with Gasteiger partial charge in [-0.3, -0.25) is 4.79 Å². The Labute approximate surface area is 125 Å². The van der Waals surface area contributed by atoms with Crippen molar-refractivity contribution in [2.45, 2.75) is 70.8 Å². The number of aliphatic hydroxyl groups excluding tert-OH is 1. The molecule has 0 bridgehead atoms. The molecule has 2 rings (SSSR count). The van der Waals surface area contributed by atoms with Gasteiger partial charge in [0, 0.05) is 10.8 Å². The summed E-state index contributed by atoms with van der Waals surface area (Å²) in [6.45, 7) is 6.35. The molecule has 1 aliphatic carbocycles. The SMILES string of the molecule is CC(C)(C)c1csc(CC(=O)C(O)C2CCCCC2)n1. The monoisotopic (exact) mass is 295 g/mol. The minimum Gasteiger partial charge on any atom is -0.385 e. The van der Waals surface area contributed by atoms with Crippen LogP contribution in [0, 0.1) is 5.92 Å². The van der Waals surface area contributed by atoms with Crippen molar-refractivity contribution >= 4 is 17.1 Å². The van der Waals surface area contributed by atoms with Crippen LogP contribution in [0.2, 0.25) is 0 Å². The number of hydrogen-bond acceptors (Lipinski definition) is 4. The first kappa shape index (κ1) is 15.6. The van der Waals surface area contributed by atoms with E-state index in [-0.39, 0.29) is 23.5 Å². The number of Topliss-reactive ketones (excluding diaryl/α,β-unsaturated/α-hetero) is 1. The van der Waals surface area contributed by atoms with Crippen LogP contribution >= 0.6 is 11.3 Å². The number of thiazole rings is 1. The topological polar surface area (TPSA) is 50.2 Å². The van der Waals surface area contributed by atoms with E-state index in [0.29, 0.717) is 0 Å². The summed E-state index contributed by atoms with van der Waals surface area (Å²) in [5.74, 6) is 0.102. The van der Waals surface area contributed by atoms with Crippen molar-refractivity contribution in [3.05, 3.63) is 16.1 Å². The Morgan fingerprint density at radius 3 is 2.60 bits per heavy atom. The van der Waals surface area contributed by atoms with Gasteiger partial charge >= 0.3 is 0 Å². The van der Waals surface area contributed by atoms with Gasteiger partial charge in [-0.2, -0.15) is 0 Å². The van der Waals surface area contributed by atoms with Crippen molar-refractivity contribution < 1.29 is 9.90 Å². The number of rotatable bonds is 4. The lowest BCUT2D eigenvalue weighted by atomic mass is 9.83. The molecule has 1 saturated carbocycles. The predicted molar refractivity (Wildman–Crippen MR) is 82.1 cm³/mol. The molecule has 1 unspecified atom stereocenters. The molecule has 1 aromatic rings. The van der Waals surface area contributed by atoms with E-state index in [1.54, 1.807) is 0 Å². The van der Waals surface area contributed by atoms with Crippen molar-refractivity contribution in [2.24, 2.45) is 5.92 Å². The summed E-state index contributed by atoms with van der Waals surface area (Å²) in [6, 6.07) is 0. The lowest BCUT2D eigenvalue weighted by Gasteiger charge is -2.25. The number of carbonyl (C=O) groups excluding carboxylic acids is 1. The van der Waals surface area contributed by atoms with Gasteiger partial charge in [0.05, 0.1) is 12.1 Å². The lowest BCUT2D eigenvalue weighted by Crippen LogP contribution is -2.32. The molecular formula is C16H25NO2S. The molecule has 112 valence electrons. The minimum absolute atomic E-state index is 0.0137. The van der Waals surface area contributed by atoms with E-state index < -0.39 is 6.10 Å². The zero-order chi connectivity index (χ0) is 14.8. The van der Waals surface area contributed by atoms with Gasteiger partial charge in [-0.05, 0) is 18.8 Å². The van der Waals surface area contributed by atoms with Crippen LogP contribution in [-0.2, 0) is 16.6 Å². The highest BCUT2D eigenvalue weighted by Crippen LogP contribution is 2.28. The second kappa shape index (κ2) is 6.35. The highest BCUT2D eigenvalue weighted by atomic mass is 32.1. The maximum atomic E-state index is 12.2. The summed E-state index contributed by atoms with van der Waals surface area (Å²) >= 11 is 1.53. The summed E-state index contributed by atoms with van der Waals surface area (Å²) in [5.41, 5.74) is 1.04. The number of aliphatic hydroxyl groups is 1. The van der Waals surface area contributed by atoms with Crippen LogP contribution in [0.15, 0.2) is 5.38 Å². The Balaban J connectivity index is 1.95. The van der Waals surface area contributed by atoms with Gasteiger partial charge in [-0.15, -0.1) is 11.3 Å². The fraction of sp³-hybridized carbons (Fsp3) is 0.750. The first-order valence-electron chi connectivity index (χ1n) is 7.53. The van der Waals surface area contributed by atoms with Crippen LogP contribution in [0.1, 0.15) is 63.6 Å². The molecule has 0 spiro atoms. The molecule has 1 fully saturated rings. The molecule has 0 aromatic carbocycles. The second-order valence-electron chi connectivity index (χ2n) is 6.86. The summed E-state index contributed by atoms with van der Waals surface area (Å²) in [4.78, 5) is 16.7. The zero-order valence-electron chi connectivity index (χ0n) is 12.7. The highest BCUT2D eigenvalue weighted by molar-refractivity contribution is 7.09. The molecule has 0 saturated heterocycles. The molecule has 20 heavy (non-hydrogen) atoms. The summed E-state index contributed by atoms with van der Waals surface area (Å²) in [6.07, 6.45) is 4.96. The first-order chi connectivity index (χ1) is 9.38. The minimum atomic E-state index is -0.794. The maximum Gasteiger partial charge on any atom is 0.168 e. The fourth-order valence-electron chi connectivity index (χ4n) is 2.70. The van der Waals surface area contributed by atoms with Gasteiger partial charge in [-0.1, -0.05) is 40.0 Å². The number of aromatic nitrogens is 1. The molecule has 0 radical (unpaired) electrons. The average Bonchev–Trinajstić information content (AvgIpc) is 2.87. The summed E-state index contributed by atoms with van der Waals surface area (Å²) in [7, 11) is 0. The Morgan fingerprint density at radius 2 is 2.05 bits per heavy atom. The van der Waals surface area contributed by atoms with Gasteiger partial charge in [-0.25, -0.2) is 4.98 Å². The van der Waals surface area contributed by atoms with Gasteiger partial charge in [0.15, 0.2) is 5.78 Å². The fourth-order valence-corrected chi connectivity index (χ4v) is 3.73. The summed E-state index contributed by atoms with van der Waals surface area (Å²) in [5, 5.41) is 13.0. The smallest absolute Gasteiger partial charge is 0.168 e. The van der Waals surface area contributed by atoms with Crippen molar-refractivity contribution in [2.75, 3.05) is 0 Å². The third-order valence-corrected chi connectivity index (χ3v) is 4.92. The van der Waals surface area contributed by atoms with Gasteiger partial charge < -0.3 is 5.11 Å². The van der Waals surface area contributed by atoms with E-state index in [1.807, 2.05) is 5.38 Å². The molecular weight excluding hydrogens is 270 g/mol. The molecule has 1 heterocycles. The predicted octanol–water partition coefficient (Wildman–Crippen LogP) is 3.49. The van der Waals surface area contributed by atoms with Crippen LogP contribution in [-0.4, -0.2) is 22.0 Å². The van der Waals surface area contributed by atoms with Gasteiger partial charge in [0.2, 0.25) is 0 Å². The largest absolute Gasteiger partial charge is 0.385 e. The zero-order valence-corrected chi connectivity index (χ0v) is 13.5. The van der Waals surface area contributed by atoms with Crippen molar-refractivity contribution in [3.63, 3.8) is 0 Å². The third-order valence-electron chi connectivity index (χ3n) is 4.07. The Hall–Kier alpha value is -0.740. The van der Waals surface area contributed by atoms with Crippen LogP contribution in [0.25, 0.3) is 0 Å². The van der Waals surface area contributed by atoms with Crippen molar-refractivity contribution in [3.8, 4) is 0 Å². The van der Waals surface area contributed by atoms with Crippen molar-refractivity contribution in [1.82, 2.24) is 4.98 Å². The van der Waals surface area contributed by atoms with Gasteiger partial charge in [0.25, 0.3) is 0 Å². The highest BCUT2D eigenvalue weighted by Gasteiger charge is 2.28. The number of nitrogens with zero attached hydrogens (tertiary/aromatic N) is 1. The average molecular weight is 295 g/mol. The van der Waals surface area contributed by atoms with E-state index in [0.717, 1.165) is 36.4 Å². The van der Waals surface area contributed by atoms with E-state index in [2.05, 4.69) is 25.8 Å². The van der Waals surface area contributed by atoms with E-state index in [4.69, 9.17) is 0 Å². The van der Waals surface area contributed by atoms with Crippen LogP contribution < -0.4 is 0 Å². The lowest BCUT2D eigenvalue weighted by molar-refractivity contribution is -0.129. The number of carbonyl (C=O) groups is 1. The standard InChI is InChI=1S/C16H25NO2S/c1-16(2,3)13-10-20-14(17-13)9-12(18)15(19)11-7-5-4-6-8-11/h10-11,15,19H,4-9H2,1-3H3. The summed E-state index contributed by atoms with van der Waals surface area (Å²) < 4.78 is 0. The van der Waals surface area contributed by atoms with E-state index >= 15 is 0 Å². The van der Waals surface area contributed by atoms with E-state index in [9.17, 15) is 9.90 Å². The van der Waals surface area contributed by atoms with Crippen LogP contribution in [0.3, 0.4) is 0 Å². The van der Waals surface area contributed by atoms with E-state index in [1.165, 1.54) is 17.8 Å². The van der Waals surface area contributed by atoms with Crippen LogP contribution in [0.5, 0.6) is 0 Å². The van der Waals surface area contributed by atoms with Gasteiger partial charge in [0.1, 0.15) is 11.1 Å². The van der Waals surface area contributed by atoms with Crippen LogP contribution in [0.4, 0.5) is 0 Å². The second-order valence-corrected chi connectivity index (χ2v) is 7.81. The molecule has 1 N–H and O–H groups in total. The Kier molecular flexibility index (Phi) is 4.97. The third kappa shape index (κ3) is 3.89. The molecule has 1 atom stereocenters. The normalized spacial score (nSPS) is 19.0. The van der Waals surface area contributed by atoms with Crippen molar-refractivity contribution in [1.29, 1.82) is 0 Å². The number of hydrogen-bond donors (Lipinski definition) is 1. The molecule has 1 aliphatic rings. The first-order valence-corrected chi connectivity index (χ1v) is 8.41. The maximum absolute atomic E-state index is 12.2.